The fourth-order valence-corrected chi connectivity index (χ4v) is 2.40. The van der Waals surface area contributed by atoms with Gasteiger partial charge < -0.3 is 5.32 Å². The summed E-state index contributed by atoms with van der Waals surface area (Å²) in [5.41, 5.74) is 1.24. The second kappa shape index (κ2) is 5.80. The van der Waals surface area contributed by atoms with E-state index >= 15 is 0 Å². The number of nitrogens with one attached hydrogen (secondary N) is 1. The van der Waals surface area contributed by atoms with Crippen LogP contribution in [-0.2, 0) is 13.0 Å². The van der Waals surface area contributed by atoms with Crippen LogP contribution in [0.1, 0.15) is 17.8 Å². The Kier molecular flexibility index (Phi) is 3.70. The zero-order valence-electron chi connectivity index (χ0n) is 10.9. The lowest BCUT2D eigenvalue weighted by molar-refractivity contribution is 0.370. The smallest absolute Gasteiger partial charge is 0.138 e. The third-order valence-corrected chi connectivity index (χ3v) is 3.44. The highest BCUT2D eigenvalue weighted by Gasteiger charge is 2.18. The molecule has 4 nitrogen and oxygen atoms in total. The first-order valence-corrected chi connectivity index (χ1v) is 6.73. The van der Waals surface area contributed by atoms with Gasteiger partial charge in [0, 0.05) is 19.0 Å². The molecule has 0 unspecified atom stereocenters. The summed E-state index contributed by atoms with van der Waals surface area (Å²) >= 11 is 0. The number of fused-ring (bicyclic) bond motifs is 1. The maximum atomic E-state index is 4.24. The van der Waals surface area contributed by atoms with E-state index in [0.29, 0.717) is 6.04 Å². The molecule has 1 aromatic heterocycles. The van der Waals surface area contributed by atoms with E-state index in [0.717, 1.165) is 31.8 Å². The van der Waals surface area contributed by atoms with Crippen molar-refractivity contribution in [2.24, 2.45) is 0 Å². The summed E-state index contributed by atoms with van der Waals surface area (Å²) in [4.78, 5) is 4.24. The molecule has 0 saturated carbocycles. The first-order valence-electron chi connectivity index (χ1n) is 6.73. The first-order chi connectivity index (χ1) is 9.42. The predicted molar refractivity (Wildman–Crippen MR) is 75.6 cm³/mol. The van der Waals surface area contributed by atoms with Gasteiger partial charge in [-0.25, -0.2) is 9.67 Å². The molecule has 1 atom stereocenters. The average molecular weight is 254 g/mol. The molecule has 1 N–H and O–H groups in total. The number of aryl methyl sites for hydroxylation is 1. The van der Waals surface area contributed by atoms with Crippen molar-refractivity contribution in [1.29, 1.82) is 0 Å². The zero-order chi connectivity index (χ0) is 12.9. The molecule has 19 heavy (non-hydrogen) atoms. The second-order valence-electron chi connectivity index (χ2n) is 4.82. The van der Waals surface area contributed by atoms with Crippen LogP contribution in [0.2, 0.25) is 0 Å². The molecule has 4 heteroatoms. The fraction of sp³-hybridized carbons (Fsp3) is 0.333. The maximum Gasteiger partial charge on any atom is 0.138 e. The lowest BCUT2D eigenvalue weighted by Gasteiger charge is -2.22. The predicted octanol–water partition coefficient (Wildman–Crippen LogP) is 1.90. The molecule has 0 fully saturated rings. The van der Waals surface area contributed by atoms with Gasteiger partial charge in [-0.2, -0.15) is 5.10 Å². The highest BCUT2D eigenvalue weighted by Crippen LogP contribution is 2.11. The minimum atomic E-state index is 0.495. The van der Waals surface area contributed by atoms with E-state index in [1.165, 1.54) is 5.56 Å². The van der Waals surface area contributed by atoms with Gasteiger partial charge in [-0.15, -0.1) is 0 Å². The minimum absolute atomic E-state index is 0.495. The molecule has 3 rings (SSSR count). The Hall–Kier alpha value is -1.94. The molecule has 0 spiro atoms. The van der Waals surface area contributed by atoms with Gasteiger partial charge in [-0.1, -0.05) is 42.5 Å². The van der Waals surface area contributed by atoms with Crippen LogP contribution < -0.4 is 5.32 Å². The summed E-state index contributed by atoms with van der Waals surface area (Å²) < 4.78 is 2.00. The summed E-state index contributed by atoms with van der Waals surface area (Å²) in [6, 6.07) is 10.9. The molecule has 0 saturated heterocycles. The van der Waals surface area contributed by atoms with Gasteiger partial charge in [0.1, 0.15) is 12.2 Å². The van der Waals surface area contributed by atoms with Crippen LogP contribution in [0.15, 0.2) is 42.7 Å². The summed E-state index contributed by atoms with van der Waals surface area (Å²) in [6.07, 6.45) is 8.12. The monoisotopic (exact) mass is 254 g/mol. The summed E-state index contributed by atoms with van der Waals surface area (Å²) in [7, 11) is 0. The van der Waals surface area contributed by atoms with Gasteiger partial charge in [0.15, 0.2) is 0 Å². The van der Waals surface area contributed by atoms with Gasteiger partial charge in [0.25, 0.3) is 0 Å². The van der Waals surface area contributed by atoms with E-state index in [-0.39, 0.29) is 0 Å². The van der Waals surface area contributed by atoms with Crippen molar-refractivity contribution in [3.05, 3.63) is 54.1 Å². The van der Waals surface area contributed by atoms with Crippen LogP contribution in [0.25, 0.3) is 6.08 Å². The van der Waals surface area contributed by atoms with Crippen LogP contribution in [0.3, 0.4) is 0 Å². The SMILES string of the molecule is C(=C/c1ccccc1)/CN[C@H]1CCc2ncnn2C1. The molecule has 1 aliphatic rings. The Bertz CT molecular complexity index is 544. The molecule has 0 radical (unpaired) electrons. The van der Waals surface area contributed by atoms with Crippen molar-refractivity contribution >= 4 is 6.08 Å². The molecule has 0 aliphatic carbocycles. The summed E-state index contributed by atoms with van der Waals surface area (Å²) in [5.74, 6) is 1.11. The van der Waals surface area contributed by atoms with Crippen molar-refractivity contribution in [2.45, 2.75) is 25.4 Å². The molecule has 1 aromatic carbocycles. The quantitative estimate of drug-likeness (QED) is 0.906. The lowest BCUT2D eigenvalue weighted by atomic mass is 10.1. The van der Waals surface area contributed by atoms with E-state index in [4.69, 9.17) is 0 Å². The third kappa shape index (κ3) is 3.09. The molecule has 0 bridgehead atoms. The second-order valence-corrected chi connectivity index (χ2v) is 4.82. The van der Waals surface area contributed by atoms with Crippen molar-refractivity contribution < 1.29 is 0 Å². The van der Waals surface area contributed by atoms with Crippen molar-refractivity contribution in [2.75, 3.05) is 6.54 Å². The van der Waals surface area contributed by atoms with Crippen LogP contribution in [-0.4, -0.2) is 27.4 Å². The largest absolute Gasteiger partial charge is 0.309 e. The minimum Gasteiger partial charge on any atom is -0.309 e. The van der Waals surface area contributed by atoms with Gasteiger partial charge in [0.2, 0.25) is 0 Å². The Morgan fingerprint density at radius 1 is 1.32 bits per heavy atom. The maximum absolute atomic E-state index is 4.24. The zero-order valence-corrected chi connectivity index (χ0v) is 10.9. The van der Waals surface area contributed by atoms with Crippen LogP contribution in [0.5, 0.6) is 0 Å². The first kappa shape index (κ1) is 12.1. The van der Waals surface area contributed by atoms with Gasteiger partial charge in [-0.3, -0.25) is 0 Å². The average Bonchev–Trinajstić information content (AvgIpc) is 2.92. The standard InChI is InChI=1S/C15H18N4/c1-2-5-13(6-3-1)7-4-10-16-14-8-9-15-17-12-18-19(15)11-14/h1-7,12,14,16H,8-11H2/b7-4-/t14-/m0/s1. The molecule has 2 aromatic rings. The Morgan fingerprint density at radius 2 is 2.21 bits per heavy atom. The highest BCUT2D eigenvalue weighted by molar-refractivity contribution is 5.48. The van der Waals surface area contributed by atoms with Gasteiger partial charge >= 0.3 is 0 Å². The molecule has 0 amide bonds. The molecular weight excluding hydrogens is 236 g/mol. The van der Waals surface area contributed by atoms with Crippen LogP contribution >= 0.6 is 0 Å². The number of rotatable bonds is 4. The van der Waals surface area contributed by atoms with E-state index in [2.05, 4.69) is 51.8 Å². The molecule has 1 aliphatic heterocycles. The number of hydrogen-bond donors (Lipinski definition) is 1. The highest BCUT2D eigenvalue weighted by atomic mass is 15.3. The fourth-order valence-electron chi connectivity index (χ4n) is 2.40. The molecule has 98 valence electrons. The summed E-state index contributed by atoms with van der Waals surface area (Å²) in [6.45, 7) is 1.82. The van der Waals surface area contributed by atoms with Gasteiger partial charge in [0.05, 0.1) is 6.54 Å². The normalized spacial score (nSPS) is 18.6. The van der Waals surface area contributed by atoms with Crippen molar-refractivity contribution in [3.8, 4) is 0 Å². The number of hydrogen-bond acceptors (Lipinski definition) is 3. The molecular formula is C15H18N4. The topological polar surface area (TPSA) is 42.7 Å². The van der Waals surface area contributed by atoms with Gasteiger partial charge in [-0.05, 0) is 12.0 Å². The Balaban J connectivity index is 1.48. The van der Waals surface area contributed by atoms with Crippen molar-refractivity contribution in [1.82, 2.24) is 20.1 Å². The summed E-state index contributed by atoms with van der Waals surface area (Å²) in [5, 5.41) is 7.78. The van der Waals surface area contributed by atoms with Crippen LogP contribution in [0, 0.1) is 0 Å². The Labute approximate surface area is 113 Å². The van der Waals surface area contributed by atoms with Crippen molar-refractivity contribution in [3.63, 3.8) is 0 Å². The van der Waals surface area contributed by atoms with E-state index in [1.54, 1.807) is 6.33 Å². The lowest BCUT2D eigenvalue weighted by Crippen LogP contribution is -2.37. The number of aromatic nitrogens is 3. The van der Waals surface area contributed by atoms with E-state index in [1.807, 2.05) is 10.7 Å². The number of nitrogens with zero attached hydrogens (tertiary/aromatic N) is 3. The Morgan fingerprint density at radius 3 is 3.11 bits per heavy atom. The molecule has 2 heterocycles. The van der Waals surface area contributed by atoms with E-state index in [9.17, 15) is 0 Å². The number of benzene rings is 1. The van der Waals surface area contributed by atoms with Crippen LogP contribution in [0.4, 0.5) is 0 Å². The third-order valence-electron chi connectivity index (χ3n) is 3.44. The van der Waals surface area contributed by atoms with E-state index < -0.39 is 0 Å².